The lowest BCUT2D eigenvalue weighted by atomic mass is 10.1. The zero-order valence-corrected chi connectivity index (χ0v) is 12.6. The van der Waals surface area contributed by atoms with Gasteiger partial charge < -0.3 is 4.42 Å². The highest BCUT2D eigenvalue weighted by molar-refractivity contribution is 8.18. The van der Waals surface area contributed by atoms with Gasteiger partial charge in [-0.05, 0) is 23.4 Å². The van der Waals surface area contributed by atoms with Crippen LogP contribution in [0.3, 0.4) is 0 Å². The fourth-order valence-electron chi connectivity index (χ4n) is 2.43. The Morgan fingerprint density at radius 2 is 1.96 bits per heavy atom. The molecule has 0 aliphatic carbocycles. The molecule has 4 rings (SSSR count). The quantitative estimate of drug-likeness (QED) is 0.726. The second-order valence-electron chi connectivity index (χ2n) is 4.97. The number of aromatic nitrogens is 1. The molecule has 3 heterocycles. The van der Waals surface area contributed by atoms with Gasteiger partial charge in [-0.2, -0.15) is 0 Å². The van der Waals surface area contributed by atoms with Gasteiger partial charge in [-0.25, -0.2) is 0 Å². The van der Waals surface area contributed by atoms with Crippen LogP contribution < -0.4 is 5.32 Å². The zero-order chi connectivity index (χ0) is 15.8. The first-order valence-electron chi connectivity index (χ1n) is 6.88. The maximum atomic E-state index is 11.6. The van der Waals surface area contributed by atoms with Crippen LogP contribution in [0.15, 0.2) is 58.1 Å². The summed E-state index contributed by atoms with van der Waals surface area (Å²) in [5, 5.41) is 2.69. The Bertz CT molecular complexity index is 960. The Morgan fingerprint density at radius 3 is 2.70 bits per heavy atom. The lowest BCUT2D eigenvalue weighted by Gasteiger charge is -2.01. The van der Waals surface area contributed by atoms with Gasteiger partial charge in [-0.3, -0.25) is 19.9 Å². The van der Waals surface area contributed by atoms with Gasteiger partial charge in [0.15, 0.2) is 0 Å². The molecule has 2 amide bonds. The molecule has 1 saturated heterocycles. The zero-order valence-electron chi connectivity index (χ0n) is 11.8. The van der Waals surface area contributed by atoms with Gasteiger partial charge in [0.2, 0.25) is 0 Å². The summed E-state index contributed by atoms with van der Waals surface area (Å²) in [6.45, 7) is 0. The van der Waals surface area contributed by atoms with Gasteiger partial charge in [0.05, 0.1) is 4.91 Å². The molecule has 1 fully saturated rings. The average Bonchev–Trinajstić information content (AvgIpc) is 3.10. The van der Waals surface area contributed by atoms with Crippen LogP contribution in [0.5, 0.6) is 0 Å². The minimum absolute atomic E-state index is 0.322. The number of furan rings is 1. The Labute approximate surface area is 135 Å². The van der Waals surface area contributed by atoms with Crippen molar-refractivity contribution in [2.45, 2.75) is 0 Å². The van der Waals surface area contributed by atoms with E-state index < -0.39 is 5.91 Å². The van der Waals surface area contributed by atoms with E-state index in [9.17, 15) is 9.59 Å². The molecule has 23 heavy (non-hydrogen) atoms. The highest BCUT2D eigenvalue weighted by Gasteiger charge is 2.25. The van der Waals surface area contributed by atoms with Crippen LogP contribution in [0.2, 0.25) is 0 Å². The summed E-state index contributed by atoms with van der Waals surface area (Å²) in [5.41, 5.74) is 2.59. The van der Waals surface area contributed by atoms with E-state index in [2.05, 4.69) is 10.3 Å². The molecule has 0 spiro atoms. The van der Waals surface area contributed by atoms with Crippen molar-refractivity contribution in [2.24, 2.45) is 0 Å². The Hall–Kier alpha value is -2.86. The molecule has 1 N–H and O–H groups in total. The van der Waals surface area contributed by atoms with Gasteiger partial charge >= 0.3 is 0 Å². The summed E-state index contributed by atoms with van der Waals surface area (Å²) >= 11 is 0.865. The van der Waals surface area contributed by atoms with Crippen LogP contribution in [0.1, 0.15) is 5.76 Å². The van der Waals surface area contributed by atoms with Gasteiger partial charge in [-0.15, -0.1) is 0 Å². The van der Waals surface area contributed by atoms with E-state index in [0.717, 1.165) is 28.3 Å². The van der Waals surface area contributed by atoms with Crippen molar-refractivity contribution in [3.05, 3.63) is 59.5 Å². The van der Waals surface area contributed by atoms with Crippen molar-refractivity contribution >= 4 is 40.0 Å². The normalized spacial score (nSPS) is 16.3. The fourth-order valence-corrected chi connectivity index (χ4v) is 3.09. The number of carbonyl (C=O) groups is 2. The Kier molecular flexibility index (Phi) is 3.24. The van der Waals surface area contributed by atoms with E-state index in [1.807, 2.05) is 30.3 Å². The average molecular weight is 322 g/mol. The minimum Gasteiger partial charge on any atom is -0.456 e. The summed E-state index contributed by atoms with van der Waals surface area (Å²) in [6.07, 6.45) is 5.03. The predicted octanol–water partition coefficient (Wildman–Crippen LogP) is 3.82. The highest BCUT2D eigenvalue weighted by Crippen LogP contribution is 2.32. The molecular formula is C17H10N2O3S. The lowest BCUT2D eigenvalue weighted by molar-refractivity contribution is -0.115. The minimum atomic E-state index is -0.401. The summed E-state index contributed by atoms with van der Waals surface area (Å²) in [7, 11) is 0. The number of thioether (sulfide) groups is 1. The first-order valence-corrected chi connectivity index (χ1v) is 7.70. The first kappa shape index (κ1) is 13.8. The number of imide groups is 1. The Balaban J connectivity index is 1.82. The number of nitrogens with one attached hydrogen (secondary N) is 1. The molecule has 1 aromatic carbocycles. The van der Waals surface area contributed by atoms with Gasteiger partial charge in [0, 0.05) is 29.4 Å². The summed E-state index contributed by atoms with van der Waals surface area (Å²) < 4.78 is 5.88. The van der Waals surface area contributed by atoms with Gasteiger partial charge in [0.25, 0.3) is 11.1 Å². The summed E-state index contributed by atoms with van der Waals surface area (Å²) in [4.78, 5) is 27.4. The highest BCUT2D eigenvalue weighted by atomic mass is 32.2. The molecular weight excluding hydrogens is 312 g/mol. The largest absolute Gasteiger partial charge is 0.456 e. The number of nitrogens with zero attached hydrogens (tertiary/aromatic N) is 1. The van der Waals surface area contributed by atoms with Crippen molar-refractivity contribution in [1.82, 2.24) is 10.3 Å². The maximum absolute atomic E-state index is 11.6. The van der Waals surface area contributed by atoms with E-state index in [1.165, 1.54) is 0 Å². The number of fused-ring (bicyclic) bond motifs is 1. The van der Waals surface area contributed by atoms with Crippen LogP contribution in [-0.2, 0) is 4.79 Å². The monoisotopic (exact) mass is 322 g/mol. The molecule has 0 bridgehead atoms. The van der Waals surface area contributed by atoms with E-state index in [-0.39, 0.29) is 5.24 Å². The van der Waals surface area contributed by atoms with Gasteiger partial charge in [0.1, 0.15) is 11.3 Å². The van der Waals surface area contributed by atoms with E-state index in [0.29, 0.717) is 16.2 Å². The number of hydrogen-bond donors (Lipinski definition) is 1. The van der Waals surface area contributed by atoms with Crippen molar-refractivity contribution in [3.63, 3.8) is 0 Å². The molecule has 0 unspecified atom stereocenters. The molecule has 5 nitrogen and oxygen atoms in total. The van der Waals surface area contributed by atoms with Crippen molar-refractivity contribution in [3.8, 4) is 11.1 Å². The second-order valence-corrected chi connectivity index (χ2v) is 5.99. The first-order chi connectivity index (χ1) is 11.2. The summed E-state index contributed by atoms with van der Waals surface area (Å²) in [6, 6.07) is 11.6. The smallest absolute Gasteiger partial charge is 0.290 e. The number of amides is 2. The SMILES string of the molecule is O=C1NC(=O)C(=Cc2cc3cncc(-c4ccccc4)c3o2)S1. The second kappa shape index (κ2) is 5.40. The van der Waals surface area contributed by atoms with Crippen LogP contribution >= 0.6 is 11.8 Å². The molecule has 0 saturated carbocycles. The third-order valence-electron chi connectivity index (χ3n) is 3.44. The molecule has 6 heteroatoms. The lowest BCUT2D eigenvalue weighted by Crippen LogP contribution is -2.17. The number of carbonyl (C=O) groups excluding carboxylic acids is 2. The molecule has 112 valence electrons. The standard InChI is InChI=1S/C17H10N2O3S/c20-16-14(23-17(21)19-16)7-12-6-11-8-18-9-13(15(11)22-12)10-4-2-1-3-5-10/h1-9H,(H,19,20,21). The number of benzene rings is 1. The van der Waals surface area contributed by atoms with E-state index >= 15 is 0 Å². The fraction of sp³-hybridized carbons (Fsp3) is 0. The van der Waals surface area contributed by atoms with Crippen LogP contribution in [0.4, 0.5) is 4.79 Å². The molecule has 0 radical (unpaired) electrons. The number of hydrogen-bond acceptors (Lipinski definition) is 5. The van der Waals surface area contributed by atoms with Gasteiger partial charge in [-0.1, -0.05) is 30.3 Å². The number of rotatable bonds is 2. The molecule has 3 aromatic rings. The maximum Gasteiger partial charge on any atom is 0.290 e. The van der Waals surface area contributed by atoms with Crippen molar-refractivity contribution in [1.29, 1.82) is 0 Å². The molecule has 0 atom stereocenters. The van der Waals surface area contributed by atoms with Crippen LogP contribution in [0, 0.1) is 0 Å². The van der Waals surface area contributed by atoms with Crippen molar-refractivity contribution in [2.75, 3.05) is 0 Å². The van der Waals surface area contributed by atoms with Crippen LogP contribution in [0.25, 0.3) is 28.2 Å². The topological polar surface area (TPSA) is 72.2 Å². The third-order valence-corrected chi connectivity index (χ3v) is 4.25. The number of pyridine rings is 1. The Morgan fingerprint density at radius 1 is 1.13 bits per heavy atom. The van der Waals surface area contributed by atoms with Crippen molar-refractivity contribution < 1.29 is 14.0 Å². The van der Waals surface area contributed by atoms with Crippen LogP contribution in [-0.4, -0.2) is 16.1 Å². The van der Waals surface area contributed by atoms with E-state index in [1.54, 1.807) is 24.5 Å². The molecule has 2 aromatic heterocycles. The third kappa shape index (κ3) is 2.53. The van der Waals surface area contributed by atoms with E-state index in [4.69, 9.17) is 4.42 Å². The molecule has 1 aliphatic rings. The predicted molar refractivity (Wildman–Crippen MR) is 88.6 cm³/mol. The molecule has 1 aliphatic heterocycles. The summed E-state index contributed by atoms with van der Waals surface area (Å²) in [5.74, 6) is 0.111.